The molecular formula is C13H10N2O5S. The van der Waals surface area contributed by atoms with E-state index in [-0.39, 0.29) is 22.9 Å². The number of amides is 1. The first kappa shape index (κ1) is 14.7. The predicted molar refractivity (Wildman–Crippen MR) is 76.7 cm³/mol. The molecule has 2 aromatic rings. The lowest BCUT2D eigenvalue weighted by Crippen LogP contribution is -2.13. The second-order valence-corrected chi connectivity index (χ2v) is 5.20. The Labute approximate surface area is 123 Å². The van der Waals surface area contributed by atoms with E-state index in [0.717, 1.165) is 11.3 Å². The normalized spacial score (nSPS) is 10.1. The third kappa shape index (κ3) is 3.86. The maximum Gasteiger partial charge on any atom is 0.345 e. The first-order valence-corrected chi connectivity index (χ1v) is 6.63. The number of anilines is 1. The molecule has 0 aliphatic heterocycles. The van der Waals surface area contributed by atoms with Gasteiger partial charge in [0, 0.05) is 12.1 Å². The van der Waals surface area contributed by atoms with Gasteiger partial charge in [-0.1, -0.05) is 12.1 Å². The van der Waals surface area contributed by atoms with Crippen LogP contribution in [-0.2, 0) is 11.2 Å². The van der Waals surface area contributed by atoms with Crippen LogP contribution in [0.1, 0.15) is 15.2 Å². The molecule has 0 atom stereocenters. The molecule has 8 heteroatoms. The smallest absolute Gasteiger partial charge is 0.345 e. The number of nitrogens with one attached hydrogen (secondary N) is 1. The molecule has 0 unspecified atom stereocenters. The topological polar surface area (TPSA) is 110 Å². The third-order valence-corrected chi connectivity index (χ3v) is 3.58. The molecule has 21 heavy (non-hydrogen) atoms. The minimum absolute atomic E-state index is 0.0384. The number of nitro benzene ring substituents is 1. The number of carbonyl (C=O) groups is 2. The molecule has 0 spiro atoms. The van der Waals surface area contributed by atoms with E-state index < -0.39 is 10.9 Å². The summed E-state index contributed by atoms with van der Waals surface area (Å²) in [5, 5.41) is 22.3. The number of aromatic carboxylic acids is 1. The molecule has 1 aromatic carbocycles. The number of rotatable bonds is 5. The maximum atomic E-state index is 11.8. The molecule has 7 nitrogen and oxygen atoms in total. The zero-order valence-electron chi connectivity index (χ0n) is 10.6. The summed E-state index contributed by atoms with van der Waals surface area (Å²) >= 11 is 0.965. The van der Waals surface area contributed by atoms with Gasteiger partial charge in [0.2, 0.25) is 5.91 Å². The Bertz CT molecular complexity index is 693. The average Bonchev–Trinajstić information content (AvgIpc) is 2.87. The van der Waals surface area contributed by atoms with Crippen LogP contribution in [0.3, 0.4) is 0 Å². The summed E-state index contributed by atoms with van der Waals surface area (Å²) < 4.78 is 0. The van der Waals surface area contributed by atoms with Crippen LogP contribution in [-0.4, -0.2) is 21.9 Å². The number of nitro groups is 1. The zero-order valence-corrected chi connectivity index (χ0v) is 11.4. The highest BCUT2D eigenvalue weighted by molar-refractivity contribution is 7.18. The second kappa shape index (κ2) is 6.14. The van der Waals surface area contributed by atoms with Gasteiger partial charge >= 0.3 is 5.97 Å². The van der Waals surface area contributed by atoms with Crippen molar-refractivity contribution in [2.24, 2.45) is 0 Å². The summed E-state index contributed by atoms with van der Waals surface area (Å²) in [6.45, 7) is 0. The summed E-state index contributed by atoms with van der Waals surface area (Å²) in [5.74, 6) is -1.36. The SMILES string of the molecule is O=C(Cc1ccc([N+](=O)[O-])cc1)Nc1ccc(C(=O)O)s1. The van der Waals surface area contributed by atoms with Gasteiger partial charge in [0.05, 0.1) is 16.3 Å². The first-order valence-electron chi connectivity index (χ1n) is 5.82. The molecule has 0 aliphatic rings. The van der Waals surface area contributed by atoms with Crippen molar-refractivity contribution < 1.29 is 19.6 Å². The van der Waals surface area contributed by atoms with Crippen LogP contribution < -0.4 is 5.32 Å². The van der Waals surface area contributed by atoms with Crippen molar-refractivity contribution in [3.05, 3.63) is 57.0 Å². The molecule has 2 rings (SSSR count). The fourth-order valence-electron chi connectivity index (χ4n) is 1.62. The van der Waals surface area contributed by atoms with Crippen molar-refractivity contribution in [3.63, 3.8) is 0 Å². The highest BCUT2D eigenvalue weighted by Crippen LogP contribution is 2.22. The number of benzene rings is 1. The Kier molecular flexibility index (Phi) is 4.29. The molecule has 1 amide bonds. The summed E-state index contributed by atoms with van der Waals surface area (Å²) in [5.41, 5.74) is 0.594. The summed E-state index contributed by atoms with van der Waals surface area (Å²) in [4.78, 5) is 32.7. The minimum Gasteiger partial charge on any atom is -0.477 e. The fraction of sp³-hybridized carbons (Fsp3) is 0.0769. The predicted octanol–water partition coefficient (Wildman–Crippen LogP) is 2.54. The Morgan fingerprint density at radius 3 is 2.38 bits per heavy atom. The Morgan fingerprint density at radius 2 is 1.86 bits per heavy atom. The average molecular weight is 306 g/mol. The Hall–Kier alpha value is -2.74. The number of nitrogens with zero attached hydrogens (tertiary/aromatic N) is 1. The number of carboxylic acid groups (broad SMARTS) is 1. The van der Waals surface area contributed by atoms with Crippen LogP contribution in [0.2, 0.25) is 0 Å². The molecule has 0 saturated heterocycles. The van der Waals surface area contributed by atoms with Gasteiger partial charge in [-0.05, 0) is 17.7 Å². The number of carbonyl (C=O) groups excluding carboxylic acids is 1. The number of carboxylic acids is 1. The van der Waals surface area contributed by atoms with E-state index >= 15 is 0 Å². The van der Waals surface area contributed by atoms with Crippen LogP contribution in [0.5, 0.6) is 0 Å². The molecule has 108 valence electrons. The van der Waals surface area contributed by atoms with Gasteiger partial charge in [-0.25, -0.2) is 4.79 Å². The Balaban J connectivity index is 1.97. The number of non-ortho nitro benzene ring substituents is 1. The molecular weight excluding hydrogens is 296 g/mol. The second-order valence-electron chi connectivity index (χ2n) is 4.12. The lowest BCUT2D eigenvalue weighted by Gasteiger charge is -2.02. The highest BCUT2D eigenvalue weighted by atomic mass is 32.1. The van der Waals surface area contributed by atoms with Crippen molar-refractivity contribution in [3.8, 4) is 0 Å². The van der Waals surface area contributed by atoms with Gasteiger partial charge in [0.1, 0.15) is 4.88 Å². The van der Waals surface area contributed by atoms with E-state index in [1.54, 1.807) is 0 Å². The molecule has 0 bridgehead atoms. The lowest BCUT2D eigenvalue weighted by molar-refractivity contribution is -0.384. The molecule has 0 saturated carbocycles. The molecule has 1 aromatic heterocycles. The standard InChI is InChI=1S/C13H10N2O5S/c16-11(14-12-6-5-10(21-12)13(17)18)7-8-1-3-9(4-2-8)15(19)20/h1-6H,7H2,(H,14,16)(H,17,18). The van der Waals surface area contributed by atoms with E-state index in [1.165, 1.54) is 36.4 Å². The van der Waals surface area contributed by atoms with Gasteiger partial charge < -0.3 is 10.4 Å². The summed E-state index contributed by atoms with van der Waals surface area (Å²) in [6.07, 6.45) is 0.0539. The van der Waals surface area contributed by atoms with Crippen LogP contribution in [0, 0.1) is 10.1 Å². The first-order chi connectivity index (χ1) is 9.95. The summed E-state index contributed by atoms with van der Waals surface area (Å²) in [6, 6.07) is 8.60. The maximum absolute atomic E-state index is 11.8. The van der Waals surface area contributed by atoms with Crippen LogP contribution in [0.25, 0.3) is 0 Å². The summed E-state index contributed by atoms with van der Waals surface area (Å²) in [7, 11) is 0. The molecule has 1 heterocycles. The lowest BCUT2D eigenvalue weighted by atomic mass is 10.1. The van der Waals surface area contributed by atoms with Crippen molar-refractivity contribution in [2.75, 3.05) is 5.32 Å². The molecule has 0 aliphatic carbocycles. The van der Waals surface area contributed by atoms with Gasteiger partial charge in [-0.2, -0.15) is 0 Å². The van der Waals surface area contributed by atoms with E-state index in [1.807, 2.05) is 0 Å². The zero-order chi connectivity index (χ0) is 15.4. The molecule has 0 radical (unpaired) electrons. The van der Waals surface area contributed by atoms with Crippen LogP contribution >= 0.6 is 11.3 Å². The van der Waals surface area contributed by atoms with Gasteiger partial charge in [0.25, 0.3) is 5.69 Å². The monoisotopic (exact) mass is 306 g/mol. The van der Waals surface area contributed by atoms with Gasteiger partial charge in [0.15, 0.2) is 0 Å². The molecule has 2 N–H and O–H groups in total. The number of hydrogen-bond donors (Lipinski definition) is 2. The van der Waals surface area contributed by atoms with Crippen LogP contribution in [0.15, 0.2) is 36.4 Å². The minimum atomic E-state index is -1.05. The van der Waals surface area contributed by atoms with E-state index in [9.17, 15) is 19.7 Å². The highest BCUT2D eigenvalue weighted by Gasteiger charge is 2.11. The van der Waals surface area contributed by atoms with E-state index in [2.05, 4.69) is 5.32 Å². The number of hydrogen-bond acceptors (Lipinski definition) is 5. The van der Waals surface area contributed by atoms with Crippen LogP contribution in [0.4, 0.5) is 10.7 Å². The van der Waals surface area contributed by atoms with Crippen molar-refractivity contribution in [1.82, 2.24) is 0 Å². The third-order valence-electron chi connectivity index (χ3n) is 2.59. The van der Waals surface area contributed by atoms with Gasteiger partial charge in [-0.15, -0.1) is 11.3 Å². The number of thiophene rings is 1. The largest absolute Gasteiger partial charge is 0.477 e. The van der Waals surface area contributed by atoms with Gasteiger partial charge in [-0.3, -0.25) is 14.9 Å². The van der Waals surface area contributed by atoms with E-state index in [4.69, 9.17) is 5.11 Å². The Morgan fingerprint density at radius 1 is 1.19 bits per heavy atom. The van der Waals surface area contributed by atoms with E-state index in [0.29, 0.717) is 10.6 Å². The van der Waals surface area contributed by atoms with Crippen molar-refractivity contribution in [1.29, 1.82) is 0 Å². The fourth-order valence-corrected chi connectivity index (χ4v) is 2.38. The van der Waals surface area contributed by atoms with Crippen molar-refractivity contribution in [2.45, 2.75) is 6.42 Å². The van der Waals surface area contributed by atoms with Crippen molar-refractivity contribution >= 4 is 33.9 Å². The quantitative estimate of drug-likeness (QED) is 0.651. The molecule has 0 fully saturated rings.